The zero-order valence-electron chi connectivity index (χ0n) is 14.8. The molecule has 3 heteroatoms. The van der Waals surface area contributed by atoms with Crippen LogP contribution in [-0.4, -0.2) is 11.9 Å². The fraction of sp³-hybridized carbons (Fsp3) is 0.381. The van der Waals surface area contributed by atoms with Gasteiger partial charge >= 0.3 is 0 Å². The number of fused-ring (bicyclic) bond motifs is 1. The van der Waals surface area contributed by atoms with E-state index in [1.807, 2.05) is 6.07 Å². The summed E-state index contributed by atoms with van der Waals surface area (Å²) in [5.74, 6) is -0.203. The standard InChI is InChI=1S/C21H26N2O/c1-21(2,3)18-10-8-15(9-11-18)13-23-14-17-7-5-4-6-16(17)12-19(23)20(22)24/h4-11,19H,12-14H2,1-3H3,(H2,22,24)/p+1/t19-/m0/s1. The number of primary amides is 1. The number of carbonyl (C=O) groups excluding carboxylic acids is 1. The molecule has 0 saturated carbocycles. The van der Waals surface area contributed by atoms with Crippen LogP contribution in [0.5, 0.6) is 0 Å². The summed E-state index contributed by atoms with van der Waals surface area (Å²) in [6, 6.07) is 17.0. The molecule has 0 bridgehead atoms. The lowest BCUT2D eigenvalue weighted by atomic mass is 9.86. The van der Waals surface area contributed by atoms with Crippen molar-refractivity contribution in [1.82, 2.24) is 0 Å². The van der Waals surface area contributed by atoms with Gasteiger partial charge in [0.15, 0.2) is 6.04 Å². The summed E-state index contributed by atoms with van der Waals surface area (Å²) in [5, 5.41) is 0. The molecule has 2 aromatic rings. The lowest BCUT2D eigenvalue weighted by Gasteiger charge is -2.32. The van der Waals surface area contributed by atoms with Crippen molar-refractivity contribution >= 4 is 5.91 Å². The highest BCUT2D eigenvalue weighted by Gasteiger charge is 2.33. The van der Waals surface area contributed by atoms with Gasteiger partial charge in [-0.2, -0.15) is 0 Å². The summed E-state index contributed by atoms with van der Waals surface area (Å²) in [5.41, 5.74) is 11.0. The van der Waals surface area contributed by atoms with E-state index in [2.05, 4.69) is 63.2 Å². The van der Waals surface area contributed by atoms with E-state index < -0.39 is 0 Å². The Kier molecular flexibility index (Phi) is 4.46. The number of carbonyl (C=O) groups is 1. The molecule has 1 unspecified atom stereocenters. The molecule has 24 heavy (non-hydrogen) atoms. The van der Waals surface area contributed by atoms with Crippen molar-refractivity contribution in [3.63, 3.8) is 0 Å². The predicted octanol–water partition coefficient (Wildman–Crippen LogP) is 1.98. The average Bonchev–Trinajstić information content (AvgIpc) is 2.53. The van der Waals surface area contributed by atoms with Gasteiger partial charge in [0.2, 0.25) is 0 Å². The molecule has 3 N–H and O–H groups in total. The fourth-order valence-corrected chi connectivity index (χ4v) is 3.53. The minimum Gasteiger partial charge on any atom is -0.365 e. The minimum atomic E-state index is -0.203. The quantitative estimate of drug-likeness (QED) is 0.891. The van der Waals surface area contributed by atoms with Crippen molar-refractivity contribution in [2.24, 2.45) is 5.73 Å². The topological polar surface area (TPSA) is 47.5 Å². The van der Waals surface area contributed by atoms with E-state index in [1.165, 1.54) is 27.2 Å². The zero-order valence-corrected chi connectivity index (χ0v) is 14.8. The van der Waals surface area contributed by atoms with E-state index in [4.69, 9.17) is 5.73 Å². The maximum Gasteiger partial charge on any atom is 0.276 e. The van der Waals surface area contributed by atoms with Crippen LogP contribution in [-0.2, 0) is 29.7 Å². The smallest absolute Gasteiger partial charge is 0.276 e. The normalized spacial score (nSPS) is 20.5. The molecule has 1 amide bonds. The third-order valence-corrected chi connectivity index (χ3v) is 5.05. The molecule has 1 aliphatic rings. The molecule has 0 saturated heterocycles. The third kappa shape index (κ3) is 3.51. The fourth-order valence-electron chi connectivity index (χ4n) is 3.53. The molecule has 2 aromatic carbocycles. The predicted molar refractivity (Wildman–Crippen MR) is 96.6 cm³/mol. The van der Waals surface area contributed by atoms with Gasteiger partial charge in [0.1, 0.15) is 13.1 Å². The molecular formula is C21H27N2O+. The Morgan fingerprint density at radius 1 is 1.08 bits per heavy atom. The summed E-state index contributed by atoms with van der Waals surface area (Å²) < 4.78 is 0. The number of nitrogens with one attached hydrogen (secondary N) is 1. The van der Waals surface area contributed by atoms with Gasteiger partial charge in [0.05, 0.1) is 0 Å². The number of benzene rings is 2. The average molecular weight is 323 g/mol. The molecule has 1 aliphatic heterocycles. The van der Waals surface area contributed by atoms with E-state index in [0.29, 0.717) is 0 Å². The number of nitrogens with two attached hydrogens (primary N) is 1. The first-order valence-corrected chi connectivity index (χ1v) is 8.64. The first-order chi connectivity index (χ1) is 11.3. The van der Waals surface area contributed by atoms with Gasteiger partial charge in [-0.25, -0.2) is 0 Å². The van der Waals surface area contributed by atoms with Gasteiger partial charge in [0.25, 0.3) is 5.91 Å². The van der Waals surface area contributed by atoms with E-state index >= 15 is 0 Å². The number of amides is 1. The summed E-state index contributed by atoms with van der Waals surface area (Å²) >= 11 is 0. The van der Waals surface area contributed by atoms with Crippen LogP contribution in [0.2, 0.25) is 0 Å². The number of quaternary nitrogens is 1. The Labute approximate surface area is 144 Å². The van der Waals surface area contributed by atoms with Crippen LogP contribution >= 0.6 is 0 Å². The minimum absolute atomic E-state index is 0.151. The third-order valence-electron chi connectivity index (χ3n) is 5.05. The molecule has 3 rings (SSSR count). The van der Waals surface area contributed by atoms with Crippen molar-refractivity contribution in [3.8, 4) is 0 Å². The molecule has 0 radical (unpaired) electrons. The van der Waals surface area contributed by atoms with Crippen LogP contribution in [0.25, 0.3) is 0 Å². The van der Waals surface area contributed by atoms with Crippen LogP contribution < -0.4 is 10.6 Å². The van der Waals surface area contributed by atoms with Crippen molar-refractivity contribution in [2.45, 2.75) is 51.7 Å². The lowest BCUT2D eigenvalue weighted by molar-refractivity contribution is -0.945. The van der Waals surface area contributed by atoms with E-state index in [1.54, 1.807) is 0 Å². The summed E-state index contributed by atoms with van der Waals surface area (Å²) in [4.78, 5) is 13.2. The van der Waals surface area contributed by atoms with Gasteiger partial charge in [0, 0.05) is 17.5 Å². The number of hydrogen-bond acceptors (Lipinski definition) is 1. The Bertz CT molecular complexity index is 728. The molecule has 0 aromatic heterocycles. The molecule has 2 atom stereocenters. The number of rotatable bonds is 3. The molecule has 0 spiro atoms. The van der Waals surface area contributed by atoms with Crippen LogP contribution in [0.1, 0.15) is 43.0 Å². The van der Waals surface area contributed by atoms with Gasteiger partial charge in [-0.05, 0) is 16.5 Å². The summed E-state index contributed by atoms with van der Waals surface area (Å²) in [6.07, 6.45) is 0.737. The highest BCUT2D eigenvalue weighted by Crippen LogP contribution is 2.22. The van der Waals surface area contributed by atoms with E-state index in [9.17, 15) is 4.79 Å². The maximum atomic E-state index is 12.0. The van der Waals surface area contributed by atoms with Crippen molar-refractivity contribution in [1.29, 1.82) is 0 Å². The highest BCUT2D eigenvalue weighted by molar-refractivity contribution is 5.79. The van der Waals surface area contributed by atoms with Crippen molar-refractivity contribution in [2.75, 3.05) is 0 Å². The monoisotopic (exact) mass is 323 g/mol. The Morgan fingerprint density at radius 2 is 1.71 bits per heavy atom. The zero-order chi connectivity index (χ0) is 17.3. The first-order valence-electron chi connectivity index (χ1n) is 8.64. The van der Waals surface area contributed by atoms with E-state index in [-0.39, 0.29) is 17.4 Å². The van der Waals surface area contributed by atoms with E-state index in [0.717, 1.165) is 19.5 Å². The maximum absolute atomic E-state index is 12.0. The van der Waals surface area contributed by atoms with Crippen LogP contribution in [0.3, 0.4) is 0 Å². The Morgan fingerprint density at radius 3 is 2.29 bits per heavy atom. The molecule has 3 nitrogen and oxygen atoms in total. The van der Waals surface area contributed by atoms with Crippen LogP contribution in [0, 0.1) is 0 Å². The van der Waals surface area contributed by atoms with Crippen molar-refractivity contribution < 1.29 is 9.69 Å². The summed E-state index contributed by atoms with van der Waals surface area (Å²) in [6.45, 7) is 8.34. The second-order valence-corrected chi connectivity index (χ2v) is 7.89. The molecule has 1 heterocycles. The van der Waals surface area contributed by atoms with Crippen LogP contribution in [0.4, 0.5) is 0 Å². The van der Waals surface area contributed by atoms with Crippen molar-refractivity contribution in [3.05, 3.63) is 70.8 Å². The molecular weight excluding hydrogens is 296 g/mol. The Hall–Kier alpha value is -2.13. The van der Waals surface area contributed by atoms with Crippen LogP contribution in [0.15, 0.2) is 48.5 Å². The van der Waals surface area contributed by atoms with Gasteiger partial charge in [-0.1, -0.05) is 69.3 Å². The lowest BCUT2D eigenvalue weighted by Crippen LogP contribution is -3.15. The molecule has 126 valence electrons. The largest absolute Gasteiger partial charge is 0.365 e. The summed E-state index contributed by atoms with van der Waals surface area (Å²) in [7, 11) is 0. The van der Waals surface area contributed by atoms with Gasteiger partial charge in [-0.15, -0.1) is 0 Å². The Balaban J connectivity index is 1.81. The molecule has 0 aliphatic carbocycles. The first kappa shape index (κ1) is 16.7. The van der Waals surface area contributed by atoms with Gasteiger partial charge < -0.3 is 10.6 Å². The SMILES string of the molecule is CC(C)(C)c1ccc(C[NH+]2Cc3ccccc3C[C@H]2C(N)=O)cc1. The number of hydrogen-bond donors (Lipinski definition) is 2. The highest BCUT2D eigenvalue weighted by atomic mass is 16.1. The second kappa shape index (κ2) is 6.40. The van der Waals surface area contributed by atoms with Gasteiger partial charge in [-0.3, -0.25) is 4.79 Å². The second-order valence-electron chi connectivity index (χ2n) is 7.89. The molecule has 0 fully saturated rings.